The fraction of sp³-hybridized carbons (Fsp3) is 0.310. The van der Waals surface area contributed by atoms with Gasteiger partial charge in [-0.05, 0) is 85.4 Å². The van der Waals surface area contributed by atoms with Crippen molar-refractivity contribution in [2.24, 2.45) is 5.92 Å². The molecule has 3 aromatic carbocycles. The summed E-state index contributed by atoms with van der Waals surface area (Å²) in [4.78, 5) is 0. The number of hydrogen-bond acceptors (Lipinski definition) is 0. The van der Waals surface area contributed by atoms with E-state index in [4.69, 9.17) is 0 Å². The monoisotopic (exact) mass is 398 g/mol. The second kappa shape index (κ2) is 9.43. The van der Waals surface area contributed by atoms with Crippen LogP contribution in [0.1, 0.15) is 62.5 Å². The number of benzene rings is 3. The van der Waals surface area contributed by atoms with Crippen molar-refractivity contribution in [2.45, 2.75) is 51.4 Å². The maximum Gasteiger partial charge on any atom is 0.138 e. The van der Waals surface area contributed by atoms with Crippen molar-refractivity contribution in [1.82, 2.24) is 0 Å². The van der Waals surface area contributed by atoms with Gasteiger partial charge in [-0.25, -0.2) is 4.39 Å². The van der Waals surface area contributed by atoms with Gasteiger partial charge in [0.15, 0.2) is 0 Å². The summed E-state index contributed by atoms with van der Waals surface area (Å²) >= 11 is 0. The number of fused-ring (bicyclic) bond motifs is 1. The zero-order chi connectivity index (χ0) is 20.9. The molecule has 0 atom stereocenters. The molecule has 0 unspecified atom stereocenters. The van der Waals surface area contributed by atoms with E-state index in [2.05, 4.69) is 56.0 Å². The number of allylic oxidation sites excluding steroid dienone is 2. The van der Waals surface area contributed by atoms with Crippen molar-refractivity contribution >= 4 is 16.8 Å². The van der Waals surface area contributed by atoms with E-state index in [1.807, 2.05) is 18.2 Å². The molecular weight excluding hydrogens is 367 g/mol. The molecule has 0 amide bonds. The van der Waals surface area contributed by atoms with Gasteiger partial charge in [0.25, 0.3) is 0 Å². The Balaban J connectivity index is 1.45. The first-order valence-electron chi connectivity index (χ1n) is 11.3. The molecule has 0 nitrogen and oxygen atoms in total. The molecule has 0 heterocycles. The maximum absolute atomic E-state index is 14.5. The van der Waals surface area contributed by atoms with Crippen molar-refractivity contribution < 1.29 is 4.39 Å². The molecule has 1 aliphatic carbocycles. The van der Waals surface area contributed by atoms with E-state index in [1.165, 1.54) is 49.7 Å². The summed E-state index contributed by atoms with van der Waals surface area (Å²) in [5.74, 6) is 1.40. The molecule has 0 N–H and O–H groups in total. The van der Waals surface area contributed by atoms with E-state index < -0.39 is 0 Å². The quantitative estimate of drug-likeness (QED) is 0.364. The fourth-order valence-corrected chi connectivity index (χ4v) is 4.88. The average Bonchev–Trinajstić information content (AvgIpc) is 2.80. The summed E-state index contributed by atoms with van der Waals surface area (Å²) in [5, 5.41) is 1.58. The Bertz CT molecular complexity index is 1030. The third-order valence-electron chi connectivity index (χ3n) is 6.74. The van der Waals surface area contributed by atoms with Crippen molar-refractivity contribution in [2.75, 3.05) is 0 Å². The summed E-state index contributed by atoms with van der Waals surface area (Å²) in [6.07, 6.45) is 13.9. The van der Waals surface area contributed by atoms with Crippen LogP contribution in [0.25, 0.3) is 28.0 Å². The molecule has 0 radical (unpaired) electrons. The first-order chi connectivity index (χ1) is 14.7. The minimum atomic E-state index is -0.189. The zero-order valence-corrected chi connectivity index (χ0v) is 17.9. The van der Waals surface area contributed by atoms with Gasteiger partial charge in [0.2, 0.25) is 0 Å². The van der Waals surface area contributed by atoms with Gasteiger partial charge in [-0.3, -0.25) is 0 Å². The highest BCUT2D eigenvalue weighted by Crippen LogP contribution is 2.38. The van der Waals surface area contributed by atoms with Crippen LogP contribution in [0.2, 0.25) is 0 Å². The van der Waals surface area contributed by atoms with Gasteiger partial charge in [0.05, 0.1) is 0 Å². The first-order valence-corrected chi connectivity index (χ1v) is 11.3. The summed E-state index contributed by atoms with van der Waals surface area (Å²) in [6, 6.07) is 18.8. The highest BCUT2D eigenvalue weighted by molar-refractivity contribution is 5.89. The average molecular weight is 399 g/mol. The van der Waals surface area contributed by atoms with E-state index in [-0.39, 0.29) is 5.82 Å². The molecule has 0 aliphatic heterocycles. The largest absolute Gasteiger partial charge is 0.206 e. The molecule has 0 bridgehead atoms. The molecule has 4 rings (SSSR count). The van der Waals surface area contributed by atoms with Gasteiger partial charge < -0.3 is 0 Å². The van der Waals surface area contributed by atoms with Crippen LogP contribution in [0, 0.1) is 11.7 Å². The third-order valence-corrected chi connectivity index (χ3v) is 6.74. The Labute approximate surface area is 180 Å². The Hall–Kier alpha value is -2.67. The van der Waals surface area contributed by atoms with Gasteiger partial charge >= 0.3 is 0 Å². The predicted octanol–water partition coefficient (Wildman–Crippen LogP) is 8.92. The highest BCUT2D eigenvalue weighted by atomic mass is 19.1. The lowest BCUT2D eigenvalue weighted by Gasteiger charge is -2.28. The van der Waals surface area contributed by atoms with E-state index in [9.17, 15) is 4.39 Å². The third kappa shape index (κ3) is 4.41. The molecule has 3 aromatic rings. The topological polar surface area (TPSA) is 0 Å². The number of rotatable bonds is 6. The Kier molecular flexibility index (Phi) is 6.47. The van der Waals surface area contributed by atoms with Gasteiger partial charge in [-0.1, -0.05) is 73.3 Å². The van der Waals surface area contributed by atoms with Gasteiger partial charge in [0.1, 0.15) is 5.82 Å². The molecule has 1 saturated carbocycles. The van der Waals surface area contributed by atoms with Gasteiger partial charge in [-0.15, -0.1) is 0 Å². The van der Waals surface area contributed by atoms with E-state index >= 15 is 0 Å². The van der Waals surface area contributed by atoms with Crippen LogP contribution in [-0.2, 0) is 0 Å². The van der Waals surface area contributed by atoms with Crippen LogP contribution in [0.15, 0.2) is 73.3 Å². The lowest BCUT2D eigenvalue weighted by atomic mass is 9.77. The Morgan fingerprint density at radius 1 is 0.933 bits per heavy atom. The predicted molar refractivity (Wildman–Crippen MR) is 128 cm³/mol. The molecular formula is C29H31F. The molecule has 154 valence electrons. The van der Waals surface area contributed by atoms with E-state index in [0.717, 1.165) is 16.9 Å². The molecule has 30 heavy (non-hydrogen) atoms. The van der Waals surface area contributed by atoms with Crippen LogP contribution in [0.4, 0.5) is 4.39 Å². The van der Waals surface area contributed by atoms with Crippen LogP contribution < -0.4 is 0 Å². The van der Waals surface area contributed by atoms with E-state index in [0.29, 0.717) is 16.9 Å². The first kappa shape index (κ1) is 20.6. The highest BCUT2D eigenvalue weighted by Gasteiger charge is 2.21. The van der Waals surface area contributed by atoms with Gasteiger partial charge in [-0.2, -0.15) is 0 Å². The summed E-state index contributed by atoms with van der Waals surface area (Å²) in [5.41, 5.74) is 4.34. The number of halogens is 1. The normalized spacial score (nSPS) is 19.4. The molecule has 0 aromatic heterocycles. The maximum atomic E-state index is 14.5. The second-order valence-electron chi connectivity index (χ2n) is 8.59. The SMILES string of the molecule is C=Cc1ccc2cc(-c3ccc(C4CCC(CC/C=C/C)CC4)cc3)ccc2c1F. The van der Waals surface area contributed by atoms with Crippen molar-refractivity contribution in [3.05, 3.63) is 90.3 Å². The summed E-state index contributed by atoms with van der Waals surface area (Å²) in [7, 11) is 0. The summed E-state index contributed by atoms with van der Waals surface area (Å²) < 4.78 is 14.5. The molecule has 0 spiro atoms. The molecule has 0 saturated heterocycles. The minimum absolute atomic E-state index is 0.189. The lowest BCUT2D eigenvalue weighted by Crippen LogP contribution is -2.13. The molecule has 1 aliphatic rings. The lowest BCUT2D eigenvalue weighted by molar-refractivity contribution is 0.312. The van der Waals surface area contributed by atoms with E-state index in [1.54, 1.807) is 12.1 Å². The van der Waals surface area contributed by atoms with Crippen LogP contribution >= 0.6 is 0 Å². The smallest absolute Gasteiger partial charge is 0.138 e. The number of hydrogen-bond donors (Lipinski definition) is 0. The fourth-order valence-electron chi connectivity index (χ4n) is 4.88. The molecule has 1 heteroatoms. The standard InChI is InChI=1S/C29H31F/c1-3-5-6-7-21-8-10-23(11-9-21)24-13-15-25(16-14-24)26-18-19-28-27(20-26)17-12-22(4-2)29(28)30/h3-5,12-21,23H,2,6-11H2,1H3/b5-3+. The second-order valence-corrected chi connectivity index (χ2v) is 8.59. The Morgan fingerprint density at radius 2 is 1.67 bits per heavy atom. The van der Waals surface area contributed by atoms with Crippen molar-refractivity contribution in [3.63, 3.8) is 0 Å². The minimum Gasteiger partial charge on any atom is -0.206 e. The van der Waals surface area contributed by atoms with Crippen molar-refractivity contribution in [3.8, 4) is 11.1 Å². The summed E-state index contributed by atoms with van der Waals surface area (Å²) in [6.45, 7) is 5.79. The molecule has 1 fully saturated rings. The van der Waals surface area contributed by atoms with Crippen LogP contribution in [0.3, 0.4) is 0 Å². The zero-order valence-electron chi connectivity index (χ0n) is 17.9. The van der Waals surface area contributed by atoms with Gasteiger partial charge in [0, 0.05) is 10.9 Å². The van der Waals surface area contributed by atoms with Crippen molar-refractivity contribution in [1.29, 1.82) is 0 Å². The van der Waals surface area contributed by atoms with Crippen LogP contribution in [0.5, 0.6) is 0 Å². The van der Waals surface area contributed by atoms with Crippen LogP contribution in [-0.4, -0.2) is 0 Å². The Morgan fingerprint density at radius 3 is 2.37 bits per heavy atom.